The van der Waals surface area contributed by atoms with Gasteiger partial charge in [-0.2, -0.15) is 0 Å². The Morgan fingerprint density at radius 3 is 2.94 bits per heavy atom. The third kappa shape index (κ3) is 2.43. The van der Waals surface area contributed by atoms with E-state index in [-0.39, 0.29) is 6.04 Å². The summed E-state index contributed by atoms with van der Waals surface area (Å²) in [4.78, 5) is 4.26. The van der Waals surface area contributed by atoms with Gasteiger partial charge in [0.05, 0.1) is 6.04 Å². The van der Waals surface area contributed by atoms with Crippen LogP contribution in [0.3, 0.4) is 0 Å². The van der Waals surface area contributed by atoms with Crippen LogP contribution in [0.1, 0.15) is 24.9 Å². The lowest BCUT2D eigenvalue weighted by atomic mass is 10.3. The SMILES string of the molecule is CCNC(C)c1nnc(-c2ccccn2)s1. The molecule has 0 saturated carbocycles. The van der Waals surface area contributed by atoms with E-state index < -0.39 is 0 Å². The van der Waals surface area contributed by atoms with E-state index in [4.69, 9.17) is 0 Å². The van der Waals surface area contributed by atoms with Crippen molar-refractivity contribution in [1.29, 1.82) is 0 Å². The number of aromatic nitrogens is 3. The Balaban J connectivity index is 2.20. The third-order valence-corrected chi connectivity index (χ3v) is 3.33. The van der Waals surface area contributed by atoms with Crippen molar-refractivity contribution in [2.45, 2.75) is 19.9 Å². The molecule has 5 heteroatoms. The van der Waals surface area contributed by atoms with Crippen LogP contribution in [0.5, 0.6) is 0 Å². The highest BCUT2D eigenvalue weighted by molar-refractivity contribution is 7.14. The molecule has 0 aliphatic rings. The molecule has 0 aromatic carbocycles. The van der Waals surface area contributed by atoms with Gasteiger partial charge in [0.2, 0.25) is 0 Å². The predicted octanol–water partition coefficient (Wildman–Crippen LogP) is 2.27. The van der Waals surface area contributed by atoms with Gasteiger partial charge in [0, 0.05) is 6.20 Å². The molecule has 0 aliphatic carbocycles. The maximum absolute atomic E-state index is 4.26. The molecule has 0 aliphatic heterocycles. The van der Waals surface area contributed by atoms with Crippen molar-refractivity contribution < 1.29 is 0 Å². The topological polar surface area (TPSA) is 50.7 Å². The van der Waals surface area contributed by atoms with Gasteiger partial charge in [-0.1, -0.05) is 24.3 Å². The average molecular weight is 234 g/mol. The van der Waals surface area contributed by atoms with Crippen molar-refractivity contribution >= 4 is 11.3 Å². The van der Waals surface area contributed by atoms with Crippen LogP contribution in [0.2, 0.25) is 0 Å². The Morgan fingerprint density at radius 2 is 2.25 bits per heavy atom. The van der Waals surface area contributed by atoms with Gasteiger partial charge in [-0.05, 0) is 25.6 Å². The molecule has 16 heavy (non-hydrogen) atoms. The van der Waals surface area contributed by atoms with Crippen LogP contribution in [0.25, 0.3) is 10.7 Å². The molecule has 2 heterocycles. The van der Waals surface area contributed by atoms with Gasteiger partial charge >= 0.3 is 0 Å². The molecule has 2 aromatic heterocycles. The molecule has 0 bridgehead atoms. The van der Waals surface area contributed by atoms with Crippen molar-refractivity contribution in [3.63, 3.8) is 0 Å². The molecule has 0 amide bonds. The zero-order valence-electron chi connectivity index (χ0n) is 9.34. The molecule has 1 N–H and O–H groups in total. The van der Waals surface area contributed by atoms with Crippen LogP contribution in [-0.4, -0.2) is 21.7 Å². The Labute approximate surface area is 98.8 Å². The summed E-state index contributed by atoms with van der Waals surface area (Å²) >= 11 is 1.59. The van der Waals surface area contributed by atoms with Gasteiger partial charge in [-0.3, -0.25) is 4.98 Å². The standard InChI is InChI=1S/C11H14N4S/c1-3-12-8(2)10-14-15-11(16-10)9-6-4-5-7-13-9/h4-8,12H,3H2,1-2H3. The molecule has 0 fully saturated rings. The number of pyridine rings is 1. The smallest absolute Gasteiger partial charge is 0.166 e. The van der Waals surface area contributed by atoms with Gasteiger partial charge in [0.25, 0.3) is 0 Å². The van der Waals surface area contributed by atoms with Crippen molar-refractivity contribution in [2.75, 3.05) is 6.54 Å². The zero-order valence-corrected chi connectivity index (χ0v) is 10.2. The van der Waals surface area contributed by atoms with Gasteiger partial charge in [-0.25, -0.2) is 0 Å². The lowest BCUT2D eigenvalue weighted by molar-refractivity contribution is 0.590. The Bertz CT molecular complexity index is 440. The first kappa shape index (κ1) is 11.2. The highest BCUT2D eigenvalue weighted by Crippen LogP contribution is 2.24. The predicted molar refractivity (Wildman–Crippen MR) is 65.2 cm³/mol. The molecule has 2 aromatic rings. The van der Waals surface area contributed by atoms with Crippen LogP contribution in [0, 0.1) is 0 Å². The molecule has 1 unspecified atom stereocenters. The van der Waals surface area contributed by atoms with E-state index in [0.717, 1.165) is 22.3 Å². The first-order valence-corrected chi connectivity index (χ1v) is 6.11. The van der Waals surface area contributed by atoms with Crippen LogP contribution in [-0.2, 0) is 0 Å². The van der Waals surface area contributed by atoms with Gasteiger partial charge in [0.15, 0.2) is 5.01 Å². The van der Waals surface area contributed by atoms with E-state index in [2.05, 4.69) is 34.3 Å². The van der Waals surface area contributed by atoms with E-state index >= 15 is 0 Å². The van der Waals surface area contributed by atoms with Crippen LogP contribution < -0.4 is 5.32 Å². The summed E-state index contributed by atoms with van der Waals surface area (Å²) in [5.41, 5.74) is 0.884. The fourth-order valence-corrected chi connectivity index (χ4v) is 2.24. The number of hydrogen-bond donors (Lipinski definition) is 1. The lowest BCUT2D eigenvalue weighted by Crippen LogP contribution is -2.17. The zero-order chi connectivity index (χ0) is 11.4. The molecule has 0 radical (unpaired) electrons. The van der Waals surface area contributed by atoms with Crippen LogP contribution in [0.15, 0.2) is 24.4 Å². The van der Waals surface area contributed by atoms with E-state index in [9.17, 15) is 0 Å². The number of nitrogens with zero attached hydrogens (tertiary/aromatic N) is 3. The second kappa shape index (κ2) is 5.14. The maximum atomic E-state index is 4.26. The minimum absolute atomic E-state index is 0.250. The number of nitrogens with one attached hydrogen (secondary N) is 1. The molecule has 0 spiro atoms. The summed E-state index contributed by atoms with van der Waals surface area (Å²) in [7, 11) is 0. The number of rotatable bonds is 4. The van der Waals surface area contributed by atoms with E-state index in [1.807, 2.05) is 18.2 Å². The second-order valence-corrected chi connectivity index (χ2v) is 4.45. The summed E-state index contributed by atoms with van der Waals surface area (Å²) in [6, 6.07) is 6.05. The first-order chi connectivity index (χ1) is 7.81. The molecule has 0 saturated heterocycles. The molecule has 2 rings (SSSR count). The molecular weight excluding hydrogens is 220 g/mol. The number of hydrogen-bond acceptors (Lipinski definition) is 5. The summed E-state index contributed by atoms with van der Waals surface area (Å²) in [6.07, 6.45) is 1.77. The molecule has 84 valence electrons. The van der Waals surface area contributed by atoms with Crippen molar-refractivity contribution in [3.05, 3.63) is 29.4 Å². The van der Waals surface area contributed by atoms with Crippen molar-refractivity contribution in [1.82, 2.24) is 20.5 Å². The monoisotopic (exact) mass is 234 g/mol. The van der Waals surface area contributed by atoms with E-state index in [1.54, 1.807) is 17.5 Å². The van der Waals surface area contributed by atoms with Gasteiger partial charge in [-0.15, -0.1) is 10.2 Å². The normalized spacial score (nSPS) is 12.6. The fourth-order valence-electron chi connectivity index (χ4n) is 1.40. The third-order valence-electron chi connectivity index (χ3n) is 2.21. The summed E-state index contributed by atoms with van der Waals surface area (Å²) in [5, 5.41) is 13.5. The molecule has 4 nitrogen and oxygen atoms in total. The molecular formula is C11H14N4S. The van der Waals surface area contributed by atoms with Crippen molar-refractivity contribution in [2.24, 2.45) is 0 Å². The Morgan fingerprint density at radius 1 is 1.38 bits per heavy atom. The van der Waals surface area contributed by atoms with E-state index in [1.165, 1.54) is 0 Å². The summed E-state index contributed by atoms with van der Waals surface area (Å²) in [6.45, 7) is 5.10. The average Bonchev–Trinajstić information content (AvgIpc) is 2.80. The quantitative estimate of drug-likeness (QED) is 0.881. The highest BCUT2D eigenvalue weighted by atomic mass is 32.1. The largest absolute Gasteiger partial charge is 0.308 e. The lowest BCUT2D eigenvalue weighted by Gasteiger charge is -2.06. The maximum Gasteiger partial charge on any atom is 0.166 e. The fraction of sp³-hybridized carbons (Fsp3) is 0.364. The van der Waals surface area contributed by atoms with E-state index in [0.29, 0.717) is 0 Å². The Kier molecular flexibility index (Phi) is 3.58. The summed E-state index contributed by atoms with van der Waals surface area (Å²) < 4.78 is 0. The van der Waals surface area contributed by atoms with Gasteiger partial charge in [0.1, 0.15) is 10.7 Å². The Hall–Kier alpha value is -1.33. The second-order valence-electron chi connectivity index (χ2n) is 3.44. The van der Waals surface area contributed by atoms with Crippen molar-refractivity contribution in [3.8, 4) is 10.7 Å². The van der Waals surface area contributed by atoms with Gasteiger partial charge < -0.3 is 5.32 Å². The minimum Gasteiger partial charge on any atom is -0.308 e. The van der Waals surface area contributed by atoms with Crippen LogP contribution >= 0.6 is 11.3 Å². The van der Waals surface area contributed by atoms with Crippen LogP contribution in [0.4, 0.5) is 0 Å². The highest BCUT2D eigenvalue weighted by Gasteiger charge is 2.12. The first-order valence-electron chi connectivity index (χ1n) is 5.29. The minimum atomic E-state index is 0.250. The molecule has 1 atom stereocenters. The summed E-state index contributed by atoms with van der Waals surface area (Å²) in [5.74, 6) is 0.